The van der Waals surface area contributed by atoms with Gasteiger partial charge in [-0.1, -0.05) is 18.2 Å². The maximum atomic E-state index is 6.07. The molecule has 0 amide bonds. The lowest BCUT2D eigenvalue weighted by Crippen LogP contribution is -2.13. The van der Waals surface area contributed by atoms with Gasteiger partial charge in [-0.2, -0.15) is 0 Å². The molecule has 3 aromatic rings. The highest BCUT2D eigenvalue weighted by Crippen LogP contribution is 2.23. The maximum Gasteiger partial charge on any atom is 0.0726 e. The van der Waals surface area contributed by atoms with E-state index in [1.54, 1.807) is 11.3 Å². The van der Waals surface area contributed by atoms with Crippen LogP contribution in [0.15, 0.2) is 46.3 Å². The van der Waals surface area contributed by atoms with Crippen molar-refractivity contribution < 1.29 is 0 Å². The Morgan fingerprint density at radius 2 is 2.05 bits per heavy atom. The van der Waals surface area contributed by atoms with Gasteiger partial charge in [0.25, 0.3) is 0 Å². The predicted octanol–water partition coefficient (Wildman–Crippen LogP) is 3.93. The van der Waals surface area contributed by atoms with Crippen molar-refractivity contribution >= 4 is 43.9 Å². The minimum absolute atomic E-state index is 0.708. The molecule has 1 aromatic carbocycles. The number of nitrogens with zero attached hydrogens (tertiary/aromatic N) is 1. The van der Waals surface area contributed by atoms with E-state index in [1.807, 2.05) is 30.3 Å². The van der Waals surface area contributed by atoms with Gasteiger partial charge in [0.05, 0.1) is 11.2 Å². The summed E-state index contributed by atoms with van der Waals surface area (Å²) in [6.45, 7) is 1.53. The van der Waals surface area contributed by atoms with E-state index in [4.69, 9.17) is 5.73 Å². The molecule has 0 unspecified atom stereocenters. The zero-order valence-electron chi connectivity index (χ0n) is 10.8. The fourth-order valence-electron chi connectivity index (χ4n) is 2.11. The molecule has 3 nitrogen and oxygen atoms in total. The first-order chi connectivity index (χ1) is 9.74. The van der Waals surface area contributed by atoms with E-state index in [1.165, 1.54) is 4.88 Å². The van der Waals surface area contributed by atoms with Gasteiger partial charge in [-0.25, -0.2) is 0 Å². The first-order valence-electron chi connectivity index (χ1n) is 6.31. The quantitative estimate of drug-likeness (QED) is 0.751. The number of anilines is 1. The van der Waals surface area contributed by atoms with Crippen LogP contribution in [-0.2, 0) is 13.1 Å². The average Bonchev–Trinajstić information content (AvgIpc) is 2.85. The van der Waals surface area contributed by atoms with Crippen LogP contribution in [0.25, 0.3) is 10.9 Å². The van der Waals surface area contributed by atoms with E-state index in [2.05, 4.69) is 37.7 Å². The lowest BCUT2D eigenvalue weighted by molar-refractivity contribution is 0.687. The molecule has 0 bridgehead atoms. The average molecular weight is 348 g/mol. The number of para-hydroxylation sites is 1. The van der Waals surface area contributed by atoms with Crippen molar-refractivity contribution in [1.82, 2.24) is 10.3 Å². The molecule has 2 aromatic heterocycles. The summed E-state index contributed by atoms with van der Waals surface area (Å²) in [6.07, 6.45) is 0. The largest absolute Gasteiger partial charge is 0.398 e. The summed E-state index contributed by atoms with van der Waals surface area (Å²) < 4.78 is 1.15. The van der Waals surface area contributed by atoms with Gasteiger partial charge < -0.3 is 11.1 Å². The predicted molar refractivity (Wildman–Crippen MR) is 88.7 cm³/mol. The van der Waals surface area contributed by atoms with Crippen molar-refractivity contribution in [3.8, 4) is 0 Å². The molecule has 0 aliphatic heterocycles. The van der Waals surface area contributed by atoms with Crippen LogP contribution < -0.4 is 11.1 Å². The fraction of sp³-hybridized carbons (Fsp3) is 0.133. The van der Waals surface area contributed by atoms with Crippen molar-refractivity contribution in [3.05, 3.63) is 56.8 Å². The number of aromatic nitrogens is 1. The maximum absolute atomic E-state index is 6.07. The first kappa shape index (κ1) is 13.5. The van der Waals surface area contributed by atoms with Crippen LogP contribution in [0, 0.1) is 0 Å². The smallest absolute Gasteiger partial charge is 0.0726 e. The number of rotatable bonds is 4. The molecule has 0 saturated heterocycles. The third kappa shape index (κ3) is 2.85. The molecular formula is C15H14BrN3S. The molecule has 0 saturated carbocycles. The summed E-state index contributed by atoms with van der Waals surface area (Å²) in [6, 6.07) is 12.0. The number of nitrogens with one attached hydrogen (secondary N) is 1. The Hall–Kier alpha value is -1.43. The molecule has 0 atom stereocenters. The highest BCUT2D eigenvalue weighted by molar-refractivity contribution is 9.10. The summed E-state index contributed by atoms with van der Waals surface area (Å²) >= 11 is 5.27. The standard InChI is InChI=1S/C15H14BrN3S/c16-12-5-6-20-15(12)9-18-8-10-7-13(17)11-3-1-2-4-14(11)19-10/h1-7,18H,8-9H2,(H2,17,19). The van der Waals surface area contributed by atoms with Crippen molar-refractivity contribution in [2.45, 2.75) is 13.1 Å². The highest BCUT2D eigenvalue weighted by atomic mass is 79.9. The molecule has 102 valence electrons. The Balaban J connectivity index is 1.73. The molecule has 0 aliphatic carbocycles. The lowest BCUT2D eigenvalue weighted by atomic mass is 10.1. The van der Waals surface area contributed by atoms with E-state index in [0.29, 0.717) is 6.54 Å². The normalized spacial score (nSPS) is 11.1. The lowest BCUT2D eigenvalue weighted by Gasteiger charge is -2.07. The van der Waals surface area contributed by atoms with Gasteiger partial charge in [-0.15, -0.1) is 11.3 Å². The number of nitrogen functional groups attached to an aromatic ring is 1. The molecule has 3 N–H and O–H groups in total. The zero-order valence-corrected chi connectivity index (χ0v) is 13.2. The first-order valence-corrected chi connectivity index (χ1v) is 7.98. The summed E-state index contributed by atoms with van der Waals surface area (Å²) in [5.74, 6) is 0. The van der Waals surface area contributed by atoms with Crippen molar-refractivity contribution in [2.75, 3.05) is 5.73 Å². The zero-order chi connectivity index (χ0) is 13.9. The minimum atomic E-state index is 0.708. The number of thiophene rings is 1. The Morgan fingerprint density at radius 3 is 2.85 bits per heavy atom. The molecule has 0 spiro atoms. The van der Waals surface area contributed by atoms with Crippen LogP contribution in [0.3, 0.4) is 0 Å². The topological polar surface area (TPSA) is 50.9 Å². The molecule has 2 heterocycles. The van der Waals surface area contributed by atoms with E-state index >= 15 is 0 Å². The second-order valence-electron chi connectivity index (χ2n) is 4.52. The molecular weight excluding hydrogens is 334 g/mol. The number of hydrogen-bond donors (Lipinski definition) is 2. The molecule has 0 aliphatic rings. The summed E-state index contributed by atoms with van der Waals surface area (Å²) in [7, 11) is 0. The van der Waals surface area contributed by atoms with Crippen LogP contribution in [-0.4, -0.2) is 4.98 Å². The fourth-order valence-corrected chi connectivity index (χ4v) is 3.57. The highest BCUT2D eigenvalue weighted by Gasteiger charge is 2.04. The van der Waals surface area contributed by atoms with Crippen LogP contribution in [0.5, 0.6) is 0 Å². The molecule has 20 heavy (non-hydrogen) atoms. The number of benzene rings is 1. The number of halogens is 1. The number of pyridine rings is 1. The molecule has 3 rings (SSSR count). The van der Waals surface area contributed by atoms with Crippen molar-refractivity contribution in [1.29, 1.82) is 0 Å². The summed E-state index contributed by atoms with van der Waals surface area (Å²) in [5, 5.41) is 6.49. The Labute approximate surface area is 130 Å². The SMILES string of the molecule is Nc1cc(CNCc2sccc2Br)nc2ccccc12. The van der Waals surface area contributed by atoms with Gasteiger partial charge in [0.1, 0.15) is 0 Å². The van der Waals surface area contributed by atoms with Gasteiger partial charge in [0.2, 0.25) is 0 Å². The van der Waals surface area contributed by atoms with E-state index in [9.17, 15) is 0 Å². The van der Waals surface area contributed by atoms with E-state index in [-0.39, 0.29) is 0 Å². The summed E-state index contributed by atoms with van der Waals surface area (Å²) in [4.78, 5) is 5.92. The van der Waals surface area contributed by atoms with Crippen molar-refractivity contribution in [3.63, 3.8) is 0 Å². The summed E-state index contributed by atoms with van der Waals surface area (Å²) in [5.41, 5.74) is 8.77. The number of hydrogen-bond acceptors (Lipinski definition) is 4. The Bertz CT molecular complexity index is 739. The van der Waals surface area contributed by atoms with Gasteiger partial charge >= 0.3 is 0 Å². The van der Waals surface area contributed by atoms with Gasteiger partial charge in [-0.3, -0.25) is 4.98 Å². The van der Waals surface area contributed by atoms with Crippen LogP contribution in [0.1, 0.15) is 10.6 Å². The number of nitrogens with two attached hydrogens (primary N) is 1. The monoisotopic (exact) mass is 347 g/mol. The van der Waals surface area contributed by atoms with Gasteiger partial charge in [-0.05, 0) is 39.5 Å². The molecule has 0 fully saturated rings. The second-order valence-corrected chi connectivity index (χ2v) is 6.37. The van der Waals surface area contributed by atoms with E-state index < -0.39 is 0 Å². The molecule has 0 radical (unpaired) electrons. The van der Waals surface area contributed by atoms with Crippen LogP contribution in [0.4, 0.5) is 5.69 Å². The Morgan fingerprint density at radius 1 is 1.20 bits per heavy atom. The molecule has 5 heteroatoms. The van der Waals surface area contributed by atoms with Gasteiger partial charge in [0.15, 0.2) is 0 Å². The minimum Gasteiger partial charge on any atom is -0.398 e. The van der Waals surface area contributed by atoms with Crippen LogP contribution in [0.2, 0.25) is 0 Å². The van der Waals surface area contributed by atoms with Gasteiger partial charge in [0, 0.05) is 33.5 Å². The third-order valence-corrected chi connectivity index (χ3v) is 5.01. The Kier molecular flexibility index (Phi) is 4.00. The van der Waals surface area contributed by atoms with Crippen molar-refractivity contribution in [2.24, 2.45) is 0 Å². The number of fused-ring (bicyclic) bond motifs is 1. The second kappa shape index (κ2) is 5.91. The van der Waals surface area contributed by atoms with E-state index in [0.717, 1.165) is 33.3 Å². The van der Waals surface area contributed by atoms with Crippen LogP contribution >= 0.6 is 27.3 Å². The third-order valence-electron chi connectivity index (χ3n) is 3.08.